The lowest BCUT2D eigenvalue weighted by Crippen LogP contribution is -1.99. The van der Waals surface area contributed by atoms with Crippen LogP contribution in [0.2, 0.25) is 10.3 Å². The molecular formula is C13H11Cl2N5. The lowest BCUT2D eigenvalue weighted by atomic mass is 10.2. The number of nitrogens with zero attached hydrogens (tertiary/aromatic N) is 5. The Hall–Kier alpha value is -1.72. The van der Waals surface area contributed by atoms with Gasteiger partial charge in [-0.3, -0.25) is 4.98 Å². The Labute approximate surface area is 125 Å². The minimum Gasteiger partial charge on any atom is -0.254 e. The van der Waals surface area contributed by atoms with Gasteiger partial charge in [-0.25, -0.2) is 14.5 Å². The molecule has 0 unspecified atom stereocenters. The summed E-state index contributed by atoms with van der Waals surface area (Å²) >= 11 is 12.0. The number of hydrogen-bond donors (Lipinski definition) is 0. The highest BCUT2D eigenvalue weighted by Crippen LogP contribution is 2.24. The highest BCUT2D eigenvalue weighted by molar-refractivity contribution is 6.33. The van der Waals surface area contributed by atoms with Crippen molar-refractivity contribution in [3.05, 3.63) is 39.5 Å². The second-order valence-electron chi connectivity index (χ2n) is 4.53. The first kappa shape index (κ1) is 13.3. The van der Waals surface area contributed by atoms with E-state index in [0.717, 1.165) is 22.8 Å². The standard InChI is InChI=1S/C13H11Cl2N5/c1-6-7(2)17-13(8(3)16-6)9-4-12-18-10(14)5-11(15)20(12)19-9/h4-5H,1-3H3. The molecule has 3 aromatic rings. The summed E-state index contributed by atoms with van der Waals surface area (Å²) in [5.41, 5.74) is 4.59. The van der Waals surface area contributed by atoms with E-state index >= 15 is 0 Å². The second kappa shape index (κ2) is 4.68. The molecule has 0 aromatic carbocycles. The van der Waals surface area contributed by atoms with Gasteiger partial charge in [0.25, 0.3) is 0 Å². The molecule has 0 radical (unpaired) electrons. The van der Waals surface area contributed by atoms with Crippen molar-refractivity contribution in [3.8, 4) is 11.4 Å². The van der Waals surface area contributed by atoms with Crippen molar-refractivity contribution in [1.82, 2.24) is 24.6 Å². The highest BCUT2D eigenvalue weighted by atomic mass is 35.5. The van der Waals surface area contributed by atoms with E-state index in [1.165, 1.54) is 4.52 Å². The lowest BCUT2D eigenvalue weighted by Gasteiger charge is -2.04. The molecule has 0 spiro atoms. The number of halogens is 2. The molecule has 0 N–H and O–H groups in total. The first-order valence-corrected chi connectivity index (χ1v) is 6.75. The van der Waals surface area contributed by atoms with E-state index in [9.17, 15) is 0 Å². The average Bonchev–Trinajstić information content (AvgIpc) is 2.77. The van der Waals surface area contributed by atoms with E-state index in [1.54, 1.807) is 12.1 Å². The van der Waals surface area contributed by atoms with Crippen LogP contribution >= 0.6 is 23.2 Å². The summed E-state index contributed by atoms with van der Waals surface area (Å²) in [6, 6.07) is 3.34. The molecule has 0 atom stereocenters. The summed E-state index contributed by atoms with van der Waals surface area (Å²) in [6.45, 7) is 5.75. The topological polar surface area (TPSA) is 56.0 Å². The third-order valence-electron chi connectivity index (χ3n) is 3.08. The number of fused-ring (bicyclic) bond motifs is 1. The van der Waals surface area contributed by atoms with Gasteiger partial charge < -0.3 is 0 Å². The molecule has 20 heavy (non-hydrogen) atoms. The van der Waals surface area contributed by atoms with Crippen molar-refractivity contribution >= 4 is 28.8 Å². The van der Waals surface area contributed by atoms with Gasteiger partial charge >= 0.3 is 0 Å². The van der Waals surface area contributed by atoms with E-state index in [4.69, 9.17) is 23.2 Å². The zero-order valence-electron chi connectivity index (χ0n) is 11.1. The number of aromatic nitrogens is 5. The van der Waals surface area contributed by atoms with Crippen molar-refractivity contribution < 1.29 is 0 Å². The Morgan fingerprint density at radius 2 is 1.60 bits per heavy atom. The summed E-state index contributed by atoms with van der Waals surface area (Å²) in [5.74, 6) is 0. The zero-order valence-corrected chi connectivity index (χ0v) is 12.7. The van der Waals surface area contributed by atoms with Gasteiger partial charge in [-0.05, 0) is 20.8 Å². The van der Waals surface area contributed by atoms with Gasteiger partial charge in [-0.15, -0.1) is 0 Å². The van der Waals surface area contributed by atoms with Crippen LogP contribution in [0, 0.1) is 20.8 Å². The molecular weight excluding hydrogens is 297 g/mol. The molecule has 0 aliphatic rings. The molecule has 0 saturated carbocycles. The maximum Gasteiger partial charge on any atom is 0.159 e. The quantitative estimate of drug-likeness (QED) is 0.646. The van der Waals surface area contributed by atoms with Crippen LogP contribution in [0.25, 0.3) is 17.0 Å². The van der Waals surface area contributed by atoms with Crippen molar-refractivity contribution in [3.63, 3.8) is 0 Å². The van der Waals surface area contributed by atoms with Gasteiger partial charge in [0.15, 0.2) is 5.65 Å². The first-order valence-electron chi connectivity index (χ1n) is 6.00. The molecule has 0 saturated heterocycles. The normalized spacial score (nSPS) is 11.2. The summed E-state index contributed by atoms with van der Waals surface area (Å²) in [7, 11) is 0. The van der Waals surface area contributed by atoms with E-state index in [-0.39, 0.29) is 0 Å². The summed E-state index contributed by atoms with van der Waals surface area (Å²) in [4.78, 5) is 13.2. The Morgan fingerprint density at radius 1 is 0.900 bits per heavy atom. The van der Waals surface area contributed by atoms with Crippen LogP contribution in [0.1, 0.15) is 17.1 Å². The molecule has 0 aliphatic carbocycles. The summed E-state index contributed by atoms with van der Waals surface area (Å²) in [6.07, 6.45) is 0. The Balaban J connectivity index is 2.25. The number of rotatable bonds is 1. The van der Waals surface area contributed by atoms with Crippen LogP contribution in [0.15, 0.2) is 12.1 Å². The van der Waals surface area contributed by atoms with Crippen LogP contribution in [0.5, 0.6) is 0 Å². The molecule has 0 amide bonds. The predicted molar refractivity (Wildman–Crippen MR) is 78.2 cm³/mol. The fourth-order valence-corrected chi connectivity index (χ4v) is 2.46. The van der Waals surface area contributed by atoms with E-state index in [0.29, 0.717) is 21.6 Å². The first-order chi connectivity index (χ1) is 9.45. The average molecular weight is 308 g/mol. The zero-order chi connectivity index (χ0) is 14.4. The van der Waals surface area contributed by atoms with Crippen molar-refractivity contribution in [2.24, 2.45) is 0 Å². The number of hydrogen-bond acceptors (Lipinski definition) is 4. The molecule has 5 nitrogen and oxygen atoms in total. The van der Waals surface area contributed by atoms with E-state index in [2.05, 4.69) is 20.1 Å². The highest BCUT2D eigenvalue weighted by Gasteiger charge is 2.14. The Morgan fingerprint density at radius 3 is 2.35 bits per heavy atom. The van der Waals surface area contributed by atoms with E-state index < -0.39 is 0 Å². The largest absolute Gasteiger partial charge is 0.254 e. The minimum atomic E-state index is 0.330. The second-order valence-corrected chi connectivity index (χ2v) is 5.30. The van der Waals surface area contributed by atoms with Gasteiger partial charge in [0, 0.05) is 12.1 Å². The van der Waals surface area contributed by atoms with Crippen molar-refractivity contribution in [1.29, 1.82) is 0 Å². The smallest absolute Gasteiger partial charge is 0.159 e. The van der Waals surface area contributed by atoms with E-state index in [1.807, 2.05) is 20.8 Å². The fraction of sp³-hybridized carbons (Fsp3) is 0.231. The van der Waals surface area contributed by atoms with Crippen LogP contribution < -0.4 is 0 Å². The molecule has 0 aliphatic heterocycles. The monoisotopic (exact) mass is 307 g/mol. The summed E-state index contributed by atoms with van der Waals surface area (Å²) in [5, 5.41) is 5.15. The summed E-state index contributed by atoms with van der Waals surface area (Å²) < 4.78 is 1.53. The fourth-order valence-electron chi connectivity index (χ4n) is 1.98. The SMILES string of the molecule is Cc1nc(C)c(-c2cc3nc(Cl)cc(Cl)n3n2)nc1C. The molecule has 3 rings (SSSR count). The van der Waals surface area contributed by atoms with Crippen LogP contribution in [0.4, 0.5) is 0 Å². The maximum atomic E-state index is 6.10. The van der Waals surface area contributed by atoms with Gasteiger partial charge in [0.1, 0.15) is 21.7 Å². The lowest BCUT2D eigenvalue weighted by molar-refractivity contribution is 0.931. The van der Waals surface area contributed by atoms with Crippen molar-refractivity contribution in [2.45, 2.75) is 20.8 Å². The molecule has 0 bridgehead atoms. The third-order valence-corrected chi connectivity index (χ3v) is 3.54. The predicted octanol–water partition coefficient (Wildman–Crippen LogP) is 3.42. The van der Waals surface area contributed by atoms with Crippen molar-refractivity contribution in [2.75, 3.05) is 0 Å². The molecule has 102 valence electrons. The molecule has 3 heterocycles. The Kier molecular flexibility index (Phi) is 3.11. The van der Waals surface area contributed by atoms with Gasteiger partial charge in [-0.2, -0.15) is 5.10 Å². The minimum absolute atomic E-state index is 0.330. The van der Waals surface area contributed by atoms with Gasteiger partial charge in [0.05, 0.1) is 17.1 Å². The molecule has 3 aromatic heterocycles. The molecule has 7 heteroatoms. The van der Waals surface area contributed by atoms with Gasteiger partial charge in [-0.1, -0.05) is 23.2 Å². The van der Waals surface area contributed by atoms with Gasteiger partial charge in [0.2, 0.25) is 0 Å². The third kappa shape index (κ3) is 2.13. The molecule has 0 fully saturated rings. The Bertz CT molecular complexity index is 825. The van der Waals surface area contributed by atoms with Crippen LogP contribution in [0.3, 0.4) is 0 Å². The van der Waals surface area contributed by atoms with Crippen LogP contribution in [-0.2, 0) is 0 Å². The maximum absolute atomic E-state index is 6.10. The number of aryl methyl sites for hydroxylation is 3. The van der Waals surface area contributed by atoms with Crippen LogP contribution in [-0.4, -0.2) is 24.6 Å².